The summed E-state index contributed by atoms with van der Waals surface area (Å²) in [5, 5.41) is 1.57. The van der Waals surface area contributed by atoms with Crippen molar-refractivity contribution in [1.82, 2.24) is 5.32 Å². The van der Waals surface area contributed by atoms with Crippen molar-refractivity contribution in [3.63, 3.8) is 0 Å². The number of ether oxygens (including phenoxy) is 1. The third-order valence-corrected chi connectivity index (χ3v) is 7.08. The van der Waals surface area contributed by atoms with E-state index in [2.05, 4.69) is 45.2 Å². The van der Waals surface area contributed by atoms with Gasteiger partial charge in [-0.2, -0.15) is 0 Å². The predicted octanol–water partition coefficient (Wildman–Crippen LogP) is 6.40. The summed E-state index contributed by atoms with van der Waals surface area (Å²) in [5.41, 5.74) is 2.81. The number of carbonyl (C=O) groups is 2. The summed E-state index contributed by atoms with van der Waals surface area (Å²) < 4.78 is 36.2. The zero-order valence-corrected chi connectivity index (χ0v) is 20.2. The lowest BCUT2D eigenvalue weighted by atomic mass is 9.67. The van der Waals surface area contributed by atoms with Crippen LogP contribution in [0.25, 0.3) is 17.2 Å². The van der Waals surface area contributed by atoms with Gasteiger partial charge in [0.1, 0.15) is 5.82 Å². The van der Waals surface area contributed by atoms with Crippen LogP contribution in [0.1, 0.15) is 49.9 Å². The topological polar surface area (TPSA) is 55.4 Å². The van der Waals surface area contributed by atoms with E-state index in [1.54, 1.807) is 0 Å². The molecule has 4 nitrogen and oxygen atoms in total. The molecule has 2 aromatic rings. The lowest BCUT2D eigenvalue weighted by Crippen LogP contribution is -2.29. The molecule has 2 aliphatic rings. The number of aryl methyl sites for hydroxylation is 1. The van der Waals surface area contributed by atoms with E-state index in [1.165, 1.54) is 13.2 Å². The average molecular weight is 470 g/mol. The number of rotatable bonds is 3. The molecule has 0 bridgehead atoms. The van der Waals surface area contributed by atoms with Crippen molar-refractivity contribution in [2.75, 3.05) is 7.11 Å². The Morgan fingerprint density at radius 1 is 1.00 bits per heavy atom. The molecule has 1 N–H and O–H groups in total. The zero-order chi connectivity index (χ0) is 24.3. The number of hydrogen-bond donors (Lipinski definition) is 1. The molecule has 1 saturated heterocycles. The van der Waals surface area contributed by atoms with Crippen LogP contribution >= 0.6 is 11.8 Å². The van der Waals surface area contributed by atoms with Crippen LogP contribution in [0.4, 0.5) is 13.6 Å². The van der Waals surface area contributed by atoms with Gasteiger partial charge in [-0.3, -0.25) is 14.9 Å². The molecule has 0 saturated carbocycles. The predicted molar refractivity (Wildman–Crippen MR) is 127 cm³/mol. The van der Waals surface area contributed by atoms with Crippen LogP contribution in [0.2, 0.25) is 0 Å². The molecular weight excluding hydrogens is 444 g/mol. The van der Waals surface area contributed by atoms with Gasteiger partial charge in [0, 0.05) is 16.4 Å². The van der Waals surface area contributed by atoms with Crippen molar-refractivity contribution in [2.24, 2.45) is 0 Å². The Labute approximate surface area is 196 Å². The molecule has 1 heterocycles. The van der Waals surface area contributed by atoms with Crippen molar-refractivity contribution in [1.29, 1.82) is 0 Å². The highest BCUT2D eigenvalue weighted by molar-refractivity contribution is 8.18. The summed E-state index contributed by atoms with van der Waals surface area (Å²) >= 11 is 0.649. The van der Waals surface area contributed by atoms with Gasteiger partial charge in [-0.15, -0.1) is 0 Å². The Hall–Kier alpha value is -2.93. The summed E-state index contributed by atoms with van der Waals surface area (Å²) in [6, 6.07) is 4.91. The second-order valence-electron chi connectivity index (χ2n) is 9.51. The van der Waals surface area contributed by atoms with E-state index < -0.39 is 22.8 Å². The molecule has 0 radical (unpaired) electrons. The Balaban J connectivity index is 1.99. The molecule has 1 aliphatic heterocycles. The lowest BCUT2D eigenvalue weighted by molar-refractivity contribution is -0.115. The summed E-state index contributed by atoms with van der Waals surface area (Å²) in [4.78, 5) is 23.4. The van der Waals surface area contributed by atoms with E-state index in [4.69, 9.17) is 4.74 Å². The number of carbonyl (C=O) groups excluding carboxylic acids is 2. The van der Waals surface area contributed by atoms with E-state index in [0.29, 0.717) is 17.3 Å². The lowest BCUT2D eigenvalue weighted by Gasteiger charge is -2.37. The number of methoxy groups -OCH3 is 1. The van der Waals surface area contributed by atoms with Crippen molar-refractivity contribution in [3.05, 3.63) is 69.1 Å². The van der Waals surface area contributed by atoms with Gasteiger partial charge in [0.15, 0.2) is 11.6 Å². The summed E-state index contributed by atoms with van der Waals surface area (Å²) in [6.45, 7) is 10.3. The Kier molecular flexibility index (Phi) is 5.52. The van der Waals surface area contributed by atoms with Crippen LogP contribution < -0.4 is 10.1 Å². The number of imide groups is 1. The first-order valence-corrected chi connectivity index (χ1v) is 11.3. The highest BCUT2D eigenvalue weighted by Gasteiger charge is 2.34. The highest BCUT2D eigenvalue weighted by Crippen LogP contribution is 2.46. The molecule has 0 atom stereocenters. The third-order valence-electron chi connectivity index (χ3n) is 6.27. The second-order valence-corrected chi connectivity index (χ2v) is 10.5. The maximum absolute atomic E-state index is 15.9. The largest absolute Gasteiger partial charge is 0.493 e. The summed E-state index contributed by atoms with van der Waals surface area (Å²) in [6.07, 6.45) is 5.50. The van der Waals surface area contributed by atoms with Crippen molar-refractivity contribution < 1.29 is 23.1 Å². The van der Waals surface area contributed by atoms with Crippen molar-refractivity contribution in [3.8, 4) is 16.9 Å². The van der Waals surface area contributed by atoms with Gasteiger partial charge in [-0.25, -0.2) is 8.78 Å². The molecule has 33 heavy (non-hydrogen) atoms. The number of hydrogen-bond acceptors (Lipinski definition) is 4. The van der Waals surface area contributed by atoms with Gasteiger partial charge in [-0.05, 0) is 59.1 Å². The van der Waals surface area contributed by atoms with Gasteiger partial charge in [-0.1, -0.05) is 45.9 Å². The number of thioether (sulfide) groups is 1. The first-order chi connectivity index (χ1) is 15.4. The number of benzene rings is 2. The Bertz CT molecular complexity index is 1280. The van der Waals surface area contributed by atoms with E-state index in [9.17, 15) is 9.59 Å². The second kappa shape index (κ2) is 7.83. The monoisotopic (exact) mass is 469 g/mol. The highest BCUT2D eigenvalue weighted by atomic mass is 32.2. The maximum Gasteiger partial charge on any atom is 0.290 e. The number of amides is 2. The quantitative estimate of drug-likeness (QED) is 0.418. The van der Waals surface area contributed by atoms with Crippen molar-refractivity contribution >= 4 is 29.0 Å². The molecule has 2 amide bonds. The molecule has 172 valence electrons. The van der Waals surface area contributed by atoms with E-state index in [-0.39, 0.29) is 32.6 Å². The SMILES string of the molecule is COc1c(F)cc(/C=C2/SC(=O)NC2=O)c(F)c1-c1cc2c(cc1C)C(C)(C)C=CC2(C)C. The van der Waals surface area contributed by atoms with E-state index in [0.717, 1.165) is 22.8 Å². The smallest absolute Gasteiger partial charge is 0.290 e. The normalized spacial score (nSPS) is 19.6. The molecule has 0 unspecified atom stereocenters. The van der Waals surface area contributed by atoms with Gasteiger partial charge < -0.3 is 4.74 Å². The summed E-state index contributed by atoms with van der Waals surface area (Å²) in [7, 11) is 1.29. The minimum Gasteiger partial charge on any atom is -0.493 e. The number of halogens is 2. The van der Waals surface area contributed by atoms with Crippen LogP contribution in [0, 0.1) is 18.6 Å². The molecule has 7 heteroatoms. The fourth-order valence-corrected chi connectivity index (χ4v) is 5.05. The van der Waals surface area contributed by atoms with Gasteiger partial charge in [0.05, 0.1) is 17.6 Å². The zero-order valence-electron chi connectivity index (χ0n) is 19.4. The molecule has 2 aromatic carbocycles. The first-order valence-electron chi connectivity index (χ1n) is 10.5. The summed E-state index contributed by atoms with van der Waals surface area (Å²) in [5.74, 6) is -2.32. The molecule has 0 aromatic heterocycles. The van der Waals surface area contributed by atoms with E-state index in [1.807, 2.05) is 19.1 Å². The van der Waals surface area contributed by atoms with Crippen LogP contribution in [0.3, 0.4) is 0 Å². The van der Waals surface area contributed by atoms with Gasteiger partial charge in [0.2, 0.25) is 0 Å². The maximum atomic E-state index is 15.9. The molecule has 1 fully saturated rings. The fraction of sp³-hybridized carbons (Fsp3) is 0.308. The van der Waals surface area contributed by atoms with E-state index >= 15 is 8.78 Å². The number of nitrogens with one attached hydrogen (secondary N) is 1. The molecule has 1 aliphatic carbocycles. The van der Waals surface area contributed by atoms with Crippen LogP contribution in [-0.2, 0) is 15.6 Å². The van der Waals surface area contributed by atoms with Gasteiger partial charge >= 0.3 is 0 Å². The fourth-order valence-electron chi connectivity index (χ4n) is 4.38. The third kappa shape index (κ3) is 3.88. The minimum absolute atomic E-state index is 0.00426. The van der Waals surface area contributed by atoms with Crippen LogP contribution in [0.5, 0.6) is 5.75 Å². The average Bonchev–Trinajstić information content (AvgIpc) is 3.04. The number of fused-ring (bicyclic) bond motifs is 1. The first kappa shape index (κ1) is 23.2. The molecule has 4 rings (SSSR count). The van der Waals surface area contributed by atoms with Crippen molar-refractivity contribution in [2.45, 2.75) is 45.4 Å². The minimum atomic E-state index is -0.757. The standard InChI is InChI=1S/C26H25F2NO3S/c1-13-9-16-17(26(4,5)8-7-25(16,2)3)12-15(13)20-21(28)14(10-18(27)22(20)32-6)11-19-23(30)29-24(31)33-19/h7-12H,1-6H3,(H,29,30,31)/b19-11+. The molecular formula is C26H25F2NO3S. The molecule has 0 spiro atoms. The van der Waals surface area contributed by atoms with Crippen LogP contribution in [-0.4, -0.2) is 18.3 Å². The Morgan fingerprint density at radius 3 is 2.15 bits per heavy atom. The Morgan fingerprint density at radius 2 is 1.61 bits per heavy atom. The van der Waals surface area contributed by atoms with Crippen LogP contribution in [0.15, 0.2) is 35.3 Å². The van der Waals surface area contributed by atoms with Gasteiger partial charge in [0.25, 0.3) is 11.1 Å². The number of allylic oxidation sites excluding steroid dienone is 2.